The van der Waals surface area contributed by atoms with E-state index in [1.807, 2.05) is 0 Å². The topological polar surface area (TPSA) is 387 Å². The molecule has 16 atom stereocenters. The first kappa shape index (κ1) is 35.8. The summed E-state index contributed by atoms with van der Waals surface area (Å²) in [4.78, 5) is 10.8. The summed E-state index contributed by atoms with van der Waals surface area (Å²) in [5.74, 6) is -1.54. The quantitative estimate of drug-likeness (QED) is 0.0791. The Morgan fingerprint density at radius 1 is 0.405 bits per heavy atom. The zero-order valence-electron chi connectivity index (χ0n) is 19.0. The summed E-state index contributed by atoms with van der Waals surface area (Å²) in [7, 11) is 0. The molecule has 0 fully saturated rings. The molecular weight excluding hydrogens is 518 g/mol. The van der Waals surface area contributed by atoms with Crippen molar-refractivity contribution in [3.63, 3.8) is 0 Å². The fourth-order valence-electron chi connectivity index (χ4n) is 3.11. The standard InChI is InChI=1S/C18H37NO18/c19-18(37)17(36)16(35)15(34)14(33)13(32)12(31)11(30)10(29)9(28)8(27)7(26)6(25)5(24)4(23)3(22)2(21)1-20/h2-17,20-36H,1H2,(H2,19,37). The molecule has 222 valence electrons. The zero-order chi connectivity index (χ0) is 29.5. The molecule has 0 radical (unpaired) electrons. The molecule has 0 aliphatic rings. The Hall–Kier alpha value is -1.21. The monoisotopic (exact) mass is 555 g/mol. The highest BCUT2D eigenvalue weighted by Gasteiger charge is 2.46. The van der Waals surface area contributed by atoms with Gasteiger partial charge < -0.3 is 92.5 Å². The molecule has 19 N–H and O–H groups in total. The Morgan fingerprint density at radius 3 is 0.784 bits per heavy atom. The van der Waals surface area contributed by atoms with Gasteiger partial charge in [0.15, 0.2) is 6.10 Å². The van der Waals surface area contributed by atoms with Gasteiger partial charge in [0.05, 0.1) is 6.61 Å². The lowest BCUT2D eigenvalue weighted by atomic mass is 9.88. The third-order valence-corrected chi connectivity index (χ3v) is 5.75. The van der Waals surface area contributed by atoms with Crippen LogP contribution in [0.15, 0.2) is 0 Å². The summed E-state index contributed by atoms with van der Waals surface area (Å²) in [6.45, 7) is -1.08. The van der Waals surface area contributed by atoms with Crippen LogP contribution in [0.4, 0.5) is 0 Å². The van der Waals surface area contributed by atoms with Crippen LogP contribution in [0.5, 0.6) is 0 Å². The Morgan fingerprint density at radius 2 is 0.595 bits per heavy atom. The maximum absolute atomic E-state index is 10.8. The number of amides is 1. The van der Waals surface area contributed by atoms with Gasteiger partial charge in [0, 0.05) is 0 Å². The Labute approximate surface area is 208 Å². The fraction of sp³-hybridized carbons (Fsp3) is 0.944. The number of aliphatic hydroxyl groups is 17. The minimum Gasteiger partial charge on any atom is -0.394 e. The first-order valence-electron chi connectivity index (χ1n) is 10.6. The van der Waals surface area contributed by atoms with E-state index in [9.17, 15) is 86.5 Å². The molecular formula is C18H37NO18. The molecule has 0 rings (SSSR count). The van der Waals surface area contributed by atoms with E-state index in [4.69, 9.17) is 10.8 Å². The molecule has 0 aromatic heterocycles. The van der Waals surface area contributed by atoms with Crippen molar-refractivity contribution in [1.29, 1.82) is 0 Å². The van der Waals surface area contributed by atoms with Crippen molar-refractivity contribution >= 4 is 5.91 Å². The predicted molar refractivity (Wildman–Crippen MR) is 112 cm³/mol. The van der Waals surface area contributed by atoms with Gasteiger partial charge in [-0.2, -0.15) is 0 Å². The minimum atomic E-state index is -2.71. The highest BCUT2D eigenvalue weighted by Crippen LogP contribution is 2.20. The van der Waals surface area contributed by atoms with E-state index in [-0.39, 0.29) is 0 Å². The smallest absolute Gasteiger partial charge is 0.249 e. The van der Waals surface area contributed by atoms with Gasteiger partial charge in [0.25, 0.3) is 0 Å². The maximum atomic E-state index is 10.8. The van der Waals surface area contributed by atoms with Gasteiger partial charge in [0.2, 0.25) is 5.91 Å². The number of carbonyl (C=O) groups excluding carboxylic acids is 1. The summed E-state index contributed by atoms with van der Waals surface area (Å²) >= 11 is 0. The molecule has 0 heterocycles. The number of rotatable bonds is 17. The third kappa shape index (κ3) is 8.91. The molecule has 0 aliphatic heterocycles. The number of nitrogens with two attached hydrogens (primary N) is 1. The second-order valence-electron chi connectivity index (χ2n) is 8.47. The van der Waals surface area contributed by atoms with E-state index in [1.165, 1.54) is 0 Å². The van der Waals surface area contributed by atoms with Crippen LogP contribution in [0.3, 0.4) is 0 Å². The average molecular weight is 555 g/mol. The second-order valence-corrected chi connectivity index (χ2v) is 8.47. The lowest BCUT2D eigenvalue weighted by Gasteiger charge is -2.37. The zero-order valence-corrected chi connectivity index (χ0v) is 19.0. The summed E-state index contributed by atoms with van der Waals surface area (Å²) in [5.41, 5.74) is 4.70. The van der Waals surface area contributed by atoms with Gasteiger partial charge in [-0.1, -0.05) is 0 Å². The largest absolute Gasteiger partial charge is 0.394 e. The summed E-state index contributed by atoms with van der Waals surface area (Å²) < 4.78 is 0. The van der Waals surface area contributed by atoms with Crippen LogP contribution in [0, 0.1) is 0 Å². The first-order chi connectivity index (χ1) is 16.8. The van der Waals surface area contributed by atoms with Gasteiger partial charge >= 0.3 is 0 Å². The summed E-state index contributed by atoms with van der Waals surface area (Å²) in [6, 6.07) is 0. The molecule has 1 amide bonds. The second kappa shape index (κ2) is 15.4. The Kier molecular flexibility index (Phi) is 14.9. The minimum absolute atomic E-state index is 1.08. The first-order valence-corrected chi connectivity index (χ1v) is 10.6. The van der Waals surface area contributed by atoms with E-state index < -0.39 is 110 Å². The Bertz CT molecular complexity index is 675. The number of hydrogen-bond acceptors (Lipinski definition) is 18. The SMILES string of the molecule is NC(=O)C(O)C(O)C(O)C(O)C(O)C(O)C(O)C(O)C(O)C(O)C(O)C(O)C(O)C(O)C(O)C(O)CO. The molecule has 0 aromatic carbocycles. The van der Waals surface area contributed by atoms with Gasteiger partial charge in [-0.15, -0.1) is 0 Å². The van der Waals surface area contributed by atoms with Crippen LogP contribution in [0.2, 0.25) is 0 Å². The van der Waals surface area contributed by atoms with Crippen molar-refractivity contribution in [3.05, 3.63) is 0 Å². The molecule has 37 heavy (non-hydrogen) atoms. The van der Waals surface area contributed by atoms with Crippen molar-refractivity contribution in [1.82, 2.24) is 0 Å². The number of hydrogen-bond donors (Lipinski definition) is 18. The van der Waals surface area contributed by atoms with E-state index in [0.717, 1.165) is 0 Å². The van der Waals surface area contributed by atoms with E-state index >= 15 is 0 Å². The lowest BCUT2D eigenvalue weighted by molar-refractivity contribution is -0.208. The van der Waals surface area contributed by atoms with Gasteiger partial charge in [-0.3, -0.25) is 4.79 Å². The van der Waals surface area contributed by atoms with E-state index in [2.05, 4.69) is 0 Å². The third-order valence-electron chi connectivity index (χ3n) is 5.75. The molecule has 0 bridgehead atoms. The molecule has 19 nitrogen and oxygen atoms in total. The van der Waals surface area contributed by atoms with Crippen LogP contribution in [-0.4, -0.2) is 197 Å². The molecule has 19 heteroatoms. The van der Waals surface area contributed by atoms with E-state index in [1.54, 1.807) is 0 Å². The average Bonchev–Trinajstić information content (AvgIpc) is 2.89. The highest BCUT2D eigenvalue weighted by molar-refractivity contribution is 5.79. The molecule has 0 aliphatic carbocycles. The molecule has 0 saturated carbocycles. The molecule has 0 saturated heterocycles. The number of aliphatic hydroxyl groups excluding tert-OH is 17. The van der Waals surface area contributed by atoms with E-state index in [0.29, 0.717) is 0 Å². The maximum Gasteiger partial charge on any atom is 0.249 e. The van der Waals surface area contributed by atoms with Crippen molar-refractivity contribution in [2.45, 2.75) is 97.7 Å². The number of primary amides is 1. The molecule has 16 unspecified atom stereocenters. The summed E-state index contributed by atoms with van der Waals surface area (Å²) in [6.07, 6.45) is -40.7. The Balaban J connectivity index is 5.35. The number of carbonyl (C=O) groups is 1. The normalized spacial score (nSPS) is 25.6. The van der Waals surface area contributed by atoms with Crippen LogP contribution in [-0.2, 0) is 4.79 Å². The van der Waals surface area contributed by atoms with Crippen LogP contribution in [0.25, 0.3) is 0 Å². The van der Waals surface area contributed by atoms with Gasteiger partial charge in [-0.25, -0.2) is 0 Å². The van der Waals surface area contributed by atoms with Crippen LogP contribution < -0.4 is 5.73 Å². The molecule has 0 spiro atoms. The van der Waals surface area contributed by atoms with Gasteiger partial charge in [-0.05, 0) is 0 Å². The van der Waals surface area contributed by atoms with Crippen LogP contribution in [0.1, 0.15) is 0 Å². The molecule has 0 aromatic rings. The summed E-state index contributed by atoms with van der Waals surface area (Å²) in [5, 5.41) is 165. The lowest BCUT2D eigenvalue weighted by Crippen LogP contribution is -2.61. The van der Waals surface area contributed by atoms with Crippen molar-refractivity contribution < 1.29 is 91.6 Å². The van der Waals surface area contributed by atoms with Crippen molar-refractivity contribution in [3.8, 4) is 0 Å². The highest BCUT2D eigenvalue weighted by atomic mass is 16.4. The predicted octanol–water partition coefficient (Wildman–Crippen LogP) is -11.8. The van der Waals surface area contributed by atoms with Crippen molar-refractivity contribution in [2.75, 3.05) is 6.61 Å². The van der Waals surface area contributed by atoms with Crippen LogP contribution >= 0.6 is 0 Å². The van der Waals surface area contributed by atoms with Crippen molar-refractivity contribution in [2.24, 2.45) is 5.73 Å². The fourth-order valence-corrected chi connectivity index (χ4v) is 3.11. The van der Waals surface area contributed by atoms with Gasteiger partial charge in [0.1, 0.15) is 91.6 Å².